The van der Waals surface area contributed by atoms with Crippen LogP contribution in [0.4, 0.5) is 26.4 Å². The molecule has 5 fully saturated rings. The van der Waals surface area contributed by atoms with Crippen molar-refractivity contribution < 1.29 is 18.6 Å². The van der Waals surface area contributed by atoms with Gasteiger partial charge in [-0.05, 0) is 56.9 Å². The highest BCUT2D eigenvalue weighted by Gasteiger charge is 2.55. The van der Waals surface area contributed by atoms with Crippen LogP contribution in [0, 0.1) is 17.8 Å². The number of anilines is 3. The number of aliphatic hydroxyl groups is 1. The van der Waals surface area contributed by atoms with Crippen molar-refractivity contribution in [1.82, 2.24) is 24.4 Å². The first kappa shape index (κ1) is 22.9. The van der Waals surface area contributed by atoms with E-state index in [1.807, 2.05) is 17.8 Å². The molecule has 9 nitrogen and oxygen atoms in total. The first-order chi connectivity index (χ1) is 16.6. The molecule has 1 aliphatic heterocycles. The second kappa shape index (κ2) is 8.26. The lowest BCUT2D eigenvalue weighted by Gasteiger charge is -2.58. The first-order valence-corrected chi connectivity index (χ1v) is 12.5. The van der Waals surface area contributed by atoms with Gasteiger partial charge < -0.3 is 25.0 Å². The minimum atomic E-state index is -2.70. The van der Waals surface area contributed by atoms with Crippen LogP contribution in [0.1, 0.15) is 38.5 Å². The van der Waals surface area contributed by atoms with Gasteiger partial charge in [-0.25, -0.2) is 13.8 Å². The Morgan fingerprint density at radius 2 is 1.89 bits per heavy atom. The van der Waals surface area contributed by atoms with Gasteiger partial charge in [-0.1, -0.05) is 0 Å². The van der Waals surface area contributed by atoms with Gasteiger partial charge in [-0.2, -0.15) is 9.97 Å². The van der Waals surface area contributed by atoms with Crippen LogP contribution in [-0.4, -0.2) is 73.3 Å². The van der Waals surface area contributed by atoms with Gasteiger partial charge in [0.25, 0.3) is 5.92 Å². The van der Waals surface area contributed by atoms with E-state index in [1.54, 1.807) is 24.3 Å². The summed E-state index contributed by atoms with van der Waals surface area (Å²) in [6, 6.07) is 1.49. The Labute approximate surface area is 203 Å². The van der Waals surface area contributed by atoms with E-state index in [2.05, 4.69) is 25.6 Å². The summed E-state index contributed by atoms with van der Waals surface area (Å²) in [6.45, 7) is -0.142. The van der Waals surface area contributed by atoms with E-state index >= 15 is 0 Å². The van der Waals surface area contributed by atoms with Crippen LogP contribution >= 0.6 is 0 Å². The molecule has 0 aromatic carbocycles. The summed E-state index contributed by atoms with van der Waals surface area (Å²) in [5.41, 5.74) is -0.512. The fraction of sp³-hybridized carbons (Fsp3) is 0.708. The van der Waals surface area contributed by atoms with Crippen LogP contribution < -0.4 is 15.4 Å². The second-order valence-corrected chi connectivity index (χ2v) is 11.3. The fourth-order valence-electron chi connectivity index (χ4n) is 7.03. The molecule has 3 unspecified atom stereocenters. The lowest BCUT2D eigenvalue weighted by Crippen LogP contribution is -2.59. The zero-order valence-electron chi connectivity index (χ0n) is 20.1. The van der Waals surface area contributed by atoms with E-state index in [1.165, 1.54) is 0 Å². The molecule has 2 aromatic heterocycles. The van der Waals surface area contributed by atoms with Crippen molar-refractivity contribution in [1.29, 1.82) is 0 Å². The van der Waals surface area contributed by atoms with Gasteiger partial charge in [0.05, 0.1) is 18.5 Å². The van der Waals surface area contributed by atoms with Crippen molar-refractivity contribution in [2.75, 3.05) is 30.8 Å². The Hall–Kier alpha value is -2.53. The minimum Gasteiger partial charge on any atom is -0.476 e. The molecule has 35 heavy (non-hydrogen) atoms. The molecule has 7 rings (SSSR count). The average molecular weight is 490 g/mol. The number of hydrogen-bond donors (Lipinski definition) is 3. The summed E-state index contributed by atoms with van der Waals surface area (Å²) >= 11 is 0. The van der Waals surface area contributed by atoms with Crippen LogP contribution in [0.15, 0.2) is 18.6 Å². The van der Waals surface area contributed by atoms with Crippen LogP contribution in [0.5, 0.6) is 5.88 Å². The van der Waals surface area contributed by atoms with Gasteiger partial charge in [-0.15, -0.1) is 0 Å². The zero-order chi connectivity index (χ0) is 24.4. The molecule has 3 heterocycles. The third kappa shape index (κ3) is 4.67. The Balaban J connectivity index is 1.22. The number of aryl methyl sites for hydroxylation is 1. The van der Waals surface area contributed by atoms with Gasteiger partial charge in [0.2, 0.25) is 11.8 Å². The predicted molar refractivity (Wildman–Crippen MR) is 126 cm³/mol. The molecular formula is C24H33F2N7O2. The lowest BCUT2D eigenvalue weighted by molar-refractivity contribution is -0.129. The first-order valence-electron chi connectivity index (χ1n) is 12.5. The van der Waals surface area contributed by atoms with Crippen molar-refractivity contribution in [3.05, 3.63) is 18.6 Å². The largest absolute Gasteiger partial charge is 0.476 e. The van der Waals surface area contributed by atoms with E-state index in [0.717, 1.165) is 32.1 Å². The third-order valence-corrected chi connectivity index (χ3v) is 8.26. The zero-order valence-corrected chi connectivity index (χ0v) is 20.1. The Morgan fingerprint density at radius 3 is 2.51 bits per heavy atom. The maximum atomic E-state index is 13.8. The van der Waals surface area contributed by atoms with Gasteiger partial charge in [0.1, 0.15) is 18.2 Å². The Morgan fingerprint density at radius 1 is 1.11 bits per heavy atom. The van der Waals surface area contributed by atoms with E-state index in [4.69, 9.17) is 4.74 Å². The van der Waals surface area contributed by atoms with Crippen LogP contribution in [0.3, 0.4) is 0 Å². The van der Waals surface area contributed by atoms with Crippen molar-refractivity contribution >= 4 is 17.6 Å². The molecular weight excluding hydrogens is 456 g/mol. The van der Waals surface area contributed by atoms with Crippen LogP contribution in [0.25, 0.3) is 0 Å². The van der Waals surface area contributed by atoms with E-state index in [9.17, 15) is 13.9 Å². The summed E-state index contributed by atoms with van der Waals surface area (Å²) in [4.78, 5) is 15.2. The monoisotopic (exact) mass is 489 g/mol. The minimum absolute atomic E-state index is 0.120. The molecule has 11 heteroatoms. The highest BCUT2D eigenvalue weighted by Crippen LogP contribution is 2.56. The van der Waals surface area contributed by atoms with E-state index in [0.29, 0.717) is 41.2 Å². The number of imidazole rings is 1. The number of nitrogens with zero attached hydrogens (tertiary/aromatic N) is 5. The topological polar surface area (TPSA) is 100 Å². The number of hydrogen-bond acceptors (Lipinski definition) is 8. The van der Waals surface area contributed by atoms with E-state index in [-0.39, 0.29) is 31.7 Å². The number of halogens is 2. The van der Waals surface area contributed by atoms with Crippen molar-refractivity contribution in [3.63, 3.8) is 0 Å². The molecule has 3 N–H and O–H groups in total. The van der Waals surface area contributed by atoms with Crippen molar-refractivity contribution in [3.8, 4) is 5.88 Å². The highest BCUT2D eigenvalue weighted by atomic mass is 19.3. The smallest absolute Gasteiger partial charge is 0.262 e. The molecule has 0 spiro atoms. The summed E-state index contributed by atoms with van der Waals surface area (Å²) in [5.74, 6) is 0.605. The van der Waals surface area contributed by atoms with Crippen molar-refractivity contribution in [2.45, 2.75) is 62.1 Å². The Bertz CT molecular complexity index is 1080. The molecule has 190 valence electrons. The molecule has 4 saturated carbocycles. The number of rotatable bonds is 7. The molecule has 1 saturated heterocycles. The van der Waals surface area contributed by atoms with Crippen LogP contribution in [0.2, 0.25) is 0 Å². The number of aromatic nitrogens is 4. The molecule has 4 aliphatic carbocycles. The van der Waals surface area contributed by atoms with Crippen LogP contribution in [-0.2, 0) is 7.05 Å². The fourth-order valence-corrected chi connectivity index (χ4v) is 7.03. The molecule has 2 aromatic rings. The van der Waals surface area contributed by atoms with Gasteiger partial charge in [-0.3, -0.25) is 4.90 Å². The summed E-state index contributed by atoms with van der Waals surface area (Å²) < 4.78 is 35.4. The quantitative estimate of drug-likeness (QED) is 0.546. The summed E-state index contributed by atoms with van der Waals surface area (Å²) in [5, 5.41) is 17.7. The summed E-state index contributed by atoms with van der Waals surface area (Å²) in [6.07, 6.45) is 8.10. The maximum Gasteiger partial charge on any atom is 0.262 e. The standard InChI is InChI=1S/C24H33F2N7O2/c1-32-10-19(27-13-32)28-18-5-20(35-11-17-9-24(25,26)12-33(17)2)30-22(29-18)31-21-15-3-14-4-16(21)8-23(34,6-14)7-15/h5,10,13-17,21,34H,3-4,6-9,11-12H2,1-2H3,(H2,28,29,30,31). The molecule has 0 radical (unpaired) electrons. The van der Waals surface area contributed by atoms with Gasteiger partial charge >= 0.3 is 0 Å². The second-order valence-electron chi connectivity index (χ2n) is 11.3. The number of ether oxygens (including phenoxy) is 1. The van der Waals surface area contributed by atoms with Gasteiger partial charge in [0.15, 0.2) is 0 Å². The summed E-state index contributed by atoms with van der Waals surface area (Å²) in [7, 11) is 3.57. The molecule has 4 bridgehead atoms. The normalized spacial score (nSPS) is 35.4. The number of alkyl halides is 2. The third-order valence-electron chi connectivity index (χ3n) is 8.26. The molecule has 5 aliphatic rings. The Kier molecular flexibility index (Phi) is 5.41. The van der Waals surface area contributed by atoms with Gasteiger partial charge in [0, 0.05) is 37.8 Å². The maximum absolute atomic E-state index is 13.8. The lowest BCUT2D eigenvalue weighted by atomic mass is 9.52. The number of nitrogens with one attached hydrogen (secondary N) is 2. The average Bonchev–Trinajstić information content (AvgIpc) is 3.28. The molecule has 0 amide bonds. The predicted octanol–water partition coefficient (Wildman–Crippen LogP) is 3.02. The molecule has 3 atom stereocenters. The highest BCUT2D eigenvalue weighted by molar-refractivity contribution is 5.54. The van der Waals surface area contributed by atoms with E-state index < -0.39 is 11.5 Å². The number of likely N-dealkylation sites (N-methyl/N-ethyl adjacent to an activating group) is 1. The number of likely N-dealkylation sites (tertiary alicyclic amines) is 1. The SMILES string of the molecule is CN1CC(F)(F)CC1COc1cc(Nc2cn(C)cn2)nc(NC2C3CC4CC2CC(O)(C4)C3)n1. The van der Waals surface area contributed by atoms with Crippen molar-refractivity contribution in [2.24, 2.45) is 24.8 Å².